The van der Waals surface area contributed by atoms with Crippen LogP contribution < -0.4 is 10.2 Å². The molecular formula is C15H14ClNO3. The first-order valence-corrected chi connectivity index (χ1v) is 6.45. The molecule has 0 bridgehead atoms. The van der Waals surface area contributed by atoms with E-state index in [-0.39, 0.29) is 12.5 Å². The summed E-state index contributed by atoms with van der Waals surface area (Å²) in [7, 11) is 0. The van der Waals surface area contributed by atoms with E-state index in [0.717, 1.165) is 5.56 Å². The zero-order chi connectivity index (χ0) is 14.2. The molecule has 0 radical (unpaired) electrons. The number of ether oxygens (including phenoxy) is 1. The summed E-state index contributed by atoms with van der Waals surface area (Å²) in [4.78, 5) is 16.6. The molecule has 0 aliphatic heterocycles. The monoisotopic (exact) mass is 291 g/mol. The van der Waals surface area contributed by atoms with Gasteiger partial charge < -0.3 is 4.74 Å². The summed E-state index contributed by atoms with van der Waals surface area (Å²) in [5, 5.41) is 0.559. The second-order valence-electron chi connectivity index (χ2n) is 4.05. The second-order valence-corrected chi connectivity index (χ2v) is 4.48. The molecule has 104 valence electrons. The molecule has 0 aliphatic carbocycles. The molecule has 4 nitrogen and oxygen atoms in total. The van der Waals surface area contributed by atoms with Crippen molar-refractivity contribution < 1.29 is 14.4 Å². The quantitative estimate of drug-likeness (QED) is 0.832. The fourth-order valence-electron chi connectivity index (χ4n) is 1.51. The van der Waals surface area contributed by atoms with Gasteiger partial charge in [0.25, 0.3) is 5.91 Å². The van der Waals surface area contributed by atoms with Crippen LogP contribution in [0.4, 0.5) is 0 Å². The van der Waals surface area contributed by atoms with Crippen LogP contribution in [-0.4, -0.2) is 12.5 Å². The minimum Gasteiger partial charge on any atom is -0.484 e. The Bertz CT molecular complexity index is 560. The van der Waals surface area contributed by atoms with E-state index in [4.69, 9.17) is 21.2 Å². The van der Waals surface area contributed by atoms with Crippen molar-refractivity contribution >= 4 is 17.5 Å². The van der Waals surface area contributed by atoms with E-state index in [2.05, 4.69) is 5.48 Å². The molecule has 0 unspecified atom stereocenters. The maximum absolute atomic E-state index is 11.5. The molecule has 5 heteroatoms. The summed E-state index contributed by atoms with van der Waals surface area (Å²) in [5.74, 6) is 0.177. The van der Waals surface area contributed by atoms with Gasteiger partial charge in [-0.15, -0.1) is 0 Å². The van der Waals surface area contributed by atoms with Crippen molar-refractivity contribution in [2.45, 2.75) is 6.61 Å². The highest BCUT2D eigenvalue weighted by Crippen LogP contribution is 2.16. The van der Waals surface area contributed by atoms with E-state index < -0.39 is 0 Å². The second kappa shape index (κ2) is 7.53. The van der Waals surface area contributed by atoms with E-state index >= 15 is 0 Å². The molecule has 0 spiro atoms. The van der Waals surface area contributed by atoms with Crippen LogP contribution in [0.25, 0.3) is 0 Å². The lowest BCUT2D eigenvalue weighted by Crippen LogP contribution is -2.28. The normalized spacial score (nSPS) is 10.1. The number of benzene rings is 2. The number of halogens is 1. The lowest BCUT2D eigenvalue weighted by Gasteiger charge is -2.08. The largest absolute Gasteiger partial charge is 0.484 e. The number of carbonyl (C=O) groups is 1. The van der Waals surface area contributed by atoms with E-state index in [0.29, 0.717) is 17.4 Å². The lowest BCUT2D eigenvalue weighted by molar-refractivity contribution is -0.136. The first-order chi connectivity index (χ1) is 9.74. The summed E-state index contributed by atoms with van der Waals surface area (Å²) in [5.41, 5.74) is 3.29. The highest BCUT2D eigenvalue weighted by Gasteiger charge is 2.03. The van der Waals surface area contributed by atoms with Gasteiger partial charge in [-0.25, -0.2) is 5.48 Å². The Kier molecular flexibility index (Phi) is 5.41. The van der Waals surface area contributed by atoms with Crippen LogP contribution in [0, 0.1) is 0 Å². The van der Waals surface area contributed by atoms with Crippen molar-refractivity contribution in [1.82, 2.24) is 5.48 Å². The predicted molar refractivity (Wildman–Crippen MR) is 76.3 cm³/mol. The van der Waals surface area contributed by atoms with Crippen LogP contribution in [-0.2, 0) is 16.2 Å². The fourth-order valence-corrected chi connectivity index (χ4v) is 1.69. The van der Waals surface area contributed by atoms with Crippen LogP contribution in [0.2, 0.25) is 5.02 Å². The average molecular weight is 292 g/mol. The standard InChI is InChI=1S/C15H14ClNO3/c16-13-7-4-8-14(9-13)19-11-15(18)17-20-10-12-5-2-1-3-6-12/h1-9H,10-11H2,(H,17,18). The van der Waals surface area contributed by atoms with Crippen molar-refractivity contribution in [1.29, 1.82) is 0 Å². The minimum absolute atomic E-state index is 0.130. The Morgan fingerprint density at radius 3 is 2.65 bits per heavy atom. The molecule has 0 fully saturated rings. The molecular weight excluding hydrogens is 278 g/mol. The molecule has 1 N–H and O–H groups in total. The van der Waals surface area contributed by atoms with Gasteiger partial charge in [-0.3, -0.25) is 9.63 Å². The summed E-state index contributed by atoms with van der Waals surface area (Å²) < 4.78 is 5.27. The summed E-state index contributed by atoms with van der Waals surface area (Å²) >= 11 is 5.81. The molecule has 0 aromatic heterocycles. The number of hydrogen-bond donors (Lipinski definition) is 1. The third kappa shape index (κ3) is 4.91. The van der Waals surface area contributed by atoms with Gasteiger partial charge in [0.15, 0.2) is 6.61 Å². The highest BCUT2D eigenvalue weighted by molar-refractivity contribution is 6.30. The predicted octanol–water partition coefficient (Wildman–Crippen LogP) is 2.97. The van der Waals surface area contributed by atoms with Gasteiger partial charge in [-0.1, -0.05) is 48.0 Å². The maximum atomic E-state index is 11.5. The molecule has 0 heterocycles. The molecule has 0 aliphatic rings. The first-order valence-electron chi connectivity index (χ1n) is 6.07. The van der Waals surface area contributed by atoms with Gasteiger partial charge in [0, 0.05) is 5.02 Å². The molecule has 2 aromatic carbocycles. The van der Waals surface area contributed by atoms with Gasteiger partial charge >= 0.3 is 0 Å². The number of hydrogen-bond acceptors (Lipinski definition) is 3. The van der Waals surface area contributed by atoms with Gasteiger partial charge in [-0.05, 0) is 23.8 Å². The zero-order valence-corrected chi connectivity index (χ0v) is 11.5. The van der Waals surface area contributed by atoms with E-state index in [9.17, 15) is 4.79 Å². The number of amides is 1. The lowest BCUT2D eigenvalue weighted by atomic mass is 10.2. The highest BCUT2D eigenvalue weighted by atomic mass is 35.5. The summed E-state index contributed by atoms with van der Waals surface area (Å²) in [6.45, 7) is 0.179. The molecule has 0 saturated carbocycles. The summed E-state index contributed by atoms with van der Waals surface area (Å²) in [6.07, 6.45) is 0. The van der Waals surface area contributed by atoms with Crippen LogP contribution in [0.5, 0.6) is 5.75 Å². The Balaban J connectivity index is 1.68. The third-order valence-corrected chi connectivity index (χ3v) is 2.67. The SMILES string of the molecule is O=C(COc1cccc(Cl)c1)NOCc1ccccc1. The van der Waals surface area contributed by atoms with Crippen molar-refractivity contribution in [2.24, 2.45) is 0 Å². The molecule has 2 aromatic rings. The molecule has 2 rings (SSSR count). The van der Waals surface area contributed by atoms with E-state index in [1.165, 1.54) is 0 Å². The van der Waals surface area contributed by atoms with Crippen LogP contribution in [0.15, 0.2) is 54.6 Å². The molecule has 1 amide bonds. The average Bonchev–Trinajstić information content (AvgIpc) is 2.46. The van der Waals surface area contributed by atoms with Crippen molar-refractivity contribution in [3.63, 3.8) is 0 Å². The fraction of sp³-hybridized carbons (Fsp3) is 0.133. The maximum Gasteiger partial charge on any atom is 0.281 e. The Morgan fingerprint density at radius 2 is 1.90 bits per heavy atom. The molecule has 0 saturated heterocycles. The number of hydroxylamine groups is 1. The Morgan fingerprint density at radius 1 is 1.10 bits per heavy atom. The number of nitrogens with one attached hydrogen (secondary N) is 1. The number of rotatable bonds is 6. The van der Waals surface area contributed by atoms with E-state index in [1.54, 1.807) is 24.3 Å². The van der Waals surface area contributed by atoms with Crippen molar-refractivity contribution in [2.75, 3.05) is 6.61 Å². The van der Waals surface area contributed by atoms with Gasteiger partial charge in [0.1, 0.15) is 5.75 Å². The molecule has 20 heavy (non-hydrogen) atoms. The number of carbonyl (C=O) groups excluding carboxylic acids is 1. The molecule has 0 atom stereocenters. The van der Waals surface area contributed by atoms with Crippen LogP contribution in [0.3, 0.4) is 0 Å². The Labute approximate surface area is 122 Å². The summed E-state index contributed by atoms with van der Waals surface area (Å²) in [6, 6.07) is 16.4. The van der Waals surface area contributed by atoms with Gasteiger partial charge in [-0.2, -0.15) is 0 Å². The topological polar surface area (TPSA) is 47.6 Å². The van der Waals surface area contributed by atoms with Crippen LogP contribution >= 0.6 is 11.6 Å². The smallest absolute Gasteiger partial charge is 0.281 e. The van der Waals surface area contributed by atoms with Gasteiger partial charge in [0.05, 0.1) is 6.61 Å². The zero-order valence-electron chi connectivity index (χ0n) is 10.7. The minimum atomic E-state index is -0.360. The Hall–Kier alpha value is -2.04. The third-order valence-electron chi connectivity index (χ3n) is 2.43. The van der Waals surface area contributed by atoms with Crippen molar-refractivity contribution in [3.8, 4) is 5.75 Å². The van der Waals surface area contributed by atoms with Crippen molar-refractivity contribution in [3.05, 3.63) is 65.2 Å². The van der Waals surface area contributed by atoms with Crippen LogP contribution in [0.1, 0.15) is 5.56 Å². The van der Waals surface area contributed by atoms with Gasteiger partial charge in [0.2, 0.25) is 0 Å². The first kappa shape index (κ1) is 14.4. The van der Waals surface area contributed by atoms with E-state index in [1.807, 2.05) is 30.3 Å².